The maximum absolute atomic E-state index is 12.1. The van der Waals surface area contributed by atoms with E-state index in [0.29, 0.717) is 18.3 Å². The Bertz CT molecular complexity index is 1090. The number of rotatable bonds is 7. The largest absolute Gasteiger partial charge is 0.466 e. The first kappa shape index (κ1) is 30.8. The van der Waals surface area contributed by atoms with E-state index in [4.69, 9.17) is 14.2 Å². The third kappa shape index (κ3) is 4.96. The minimum Gasteiger partial charge on any atom is -0.466 e. The average molecular weight is 557 g/mol. The highest BCUT2D eigenvalue weighted by Crippen LogP contribution is 2.72. The van der Waals surface area contributed by atoms with Crippen LogP contribution in [0.4, 0.5) is 0 Å². The standard InChI is InChI=1S/C34H52O6/c1-21(27(39-22(2)35)11-10-12-30(37)38-9)24-15-19-34(8)26-13-14-28-31(4,5)29(40-23(3)36)17-18-32(28,6)25(26)16-20-33(24,34)7/h10,12,21,24,27-29H,11,13-20H2,1-9H3/b12-10+/t21-,24+,27-,28?,29-,32+,33+,34-/m0/s1. The average Bonchev–Trinajstić information content (AvgIpc) is 3.15. The SMILES string of the molecule is COC(=O)/C=C/C[C@H](OC(C)=O)[C@@H](C)[C@H]1CC[C@@]2(C)C3=C(CC[C@]12C)[C@@]1(C)CC[C@H](OC(C)=O)C(C)(C)C1CC3. The van der Waals surface area contributed by atoms with Crippen molar-refractivity contribution in [2.75, 3.05) is 7.11 Å². The van der Waals surface area contributed by atoms with E-state index < -0.39 is 5.97 Å². The van der Waals surface area contributed by atoms with Crippen molar-refractivity contribution in [1.29, 1.82) is 0 Å². The molecule has 2 fully saturated rings. The van der Waals surface area contributed by atoms with Crippen LogP contribution in [0.15, 0.2) is 23.3 Å². The first-order chi connectivity index (χ1) is 18.6. The molecule has 0 saturated heterocycles. The zero-order chi connectivity index (χ0) is 29.7. The molecule has 0 bridgehead atoms. The summed E-state index contributed by atoms with van der Waals surface area (Å²) in [6.45, 7) is 17.4. The summed E-state index contributed by atoms with van der Waals surface area (Å²) in [5.41, 5.74) is 3.72. The predicted molar refractivity (Wildman–Crippen MR) is 155 cm³/mol. The maximum Gasteiger partial charge on any atom is 0.330 e. The molecule has 0 aromatic heterocycles. The number of carbonyl (C=O) groups excluding carboxylic acids is 3. The summed E-state index contributed by atoms with van der Waals surface area (Å²) < 4.78 is 16.5. The molecule has 4 aliphatic rings. The molecule has 0 aromatic rings. The molecule has 2 saturated carbocycles. The summed E-state index contributed by atoms with van der Waals surface area (Å²) in [4.78, 5) is 35.6. The fourth-order valence-electron chi connectivity index (χ4n) is 10.2. The second kappa shape index (κ2) is 10.9. The van der Waals surface area contributed by atoms with Gasteiger partial charge in [0.05, 0.1) is 7.11 Å². The molecule has 4 rings (SSSR count). The highest BCUT2D eigenvalue weighted by Gasteiger charge is 2.64. The van der Waals surface area contributed by atoms with Gasteiger partial charge in [-0.2, -0.15) is 0 Å². The summed E-state index contributed by atoms with van der Waals surface area (Å²) in [6, 6.07) is 0. The van der Waals surface area contributed by atoms with E-state index in [2.05, 4.69) is 41.5 Å². The van der Waals surface area contributed by atoms with Gasteiger partial charge in [0.1, 0.15) is 12.2 Å². The number of esters is 3. The zero-order valence-corrected chi connectivity index (χ0v) is 26.4. The molecule has 224 valence electrons. The maximum atomic E-state index is 12.1. The molecule has 8 atom stereocenters. The van der Waals surface area contributed by atoms with Gasteiger partial charge in [-0.05, 0) is 85.4 Å². The molecule has 0 amide bonds. The molecule has 0 aromatic carbocycles. The minimum absolute atomic E-state index is 0.0159. The van der Waals surface area contributed by atoms with E-state index in [0.717, 1.165) is 51.4 Å². The summed E-state index contributed by atoms with van der Waals surface area (Å²) in [7, 11) is 1.37. The van der Waals surface area contributed by atoms with Gasteiger partial charge < -0.3 is 14.2 Å². The van der Waals surface area contributed by atoms with Crippen LogP contribution in [0.1, 0.15) is 113 Å². The topological polar surface area (TPSA) is 78.9 Å². The lowest BCUT2D eigenvalue weighted by atomic mass is 9.43. The number of methoxy groups -OCH3 is 1. The first-order valence-electron chi connectivity index (χ1n) is 15.4. The van der Waals surface area contributed by atoms with Gasteiger partial charge in [-0.25, -0.2) is 4.79 Å². The van der Waals surface area contributed by atoms with Crippen molar-refractivity contribution in [2.24, 2.45) is 39.4 Å². The zero-order valence-electron chi connectivity index (χ0n) is 26.4. The van der Waals surface area contributed by atoms with Crippen LogP contribution in [-0.4, -0.2) is 37.2 Å². The summed E-state index contributed by atoms with van der Waals surface area (Å²) in [6.07, 6.45) is 12.2. The molecule has 0 aliphatic heterocycles. The molecule has 0 spiro atoms. The van der Waals surface area contributed by atoms with Crippen LogP contribution >= 0.6 is 0 Å². The fraction of sp³-hybridized carbons (Fsp3) is 0.794. The van der Waals surface area contributed by atoms with Gasteiger partial charge in [-0.15, -0.1) is 0 Å². The number of ether oxygens (including phenoxy) is 3. The van der Waals surface area contributed by atoms with Crippen LogP contribution < -0.4 is 0 Å². The monoisotopic (exact) mass is 556 g/mol. The molecule has 6 nitrogen and oxygen atoms in total. The second-order valence-corrected chi connectivity index (χ2v) is 14.5. The van der Waals surface area contributed by atoms with Crippen molar-refractivity contribution in [3.8, 4) is 0 Å². The van der Waals surface area contributed by atoms with Crippen molar-refractivity contribution < 1.29 is 28.6 Å². The first-order valence-corrected chi connectivity index (χ1v) is 15.4. The number of carbonyl (C=O) groups is 3. The molecule has 4 aliphatic carbocycles. The van der Waals surface area contributed by atoms with E-state index >= 15 is 0 Å². The van der Waals surface area contributed by atoms with Crippen LogP contribution in [0, 0.1) is 39.4 Å². The fourth-order valence-corrected chi connectivity index (χ4v) is 10.2. The smallest absolute Gasteiger partial charge is 0.330 e. The van der Waals surface area contributed by atoms with Crippen molar-refractivity contribution in [3.05, 3.63) is 23.3 Å². The molecule has 0 heterocycles. The Labute approximate surface area is 241 Å². The van der Waals surface area contributed by atoms with Crippen LogP contribution in [-0.2, 0) is 28.6 Å². The predicted octanol–water partition coefficient (Wildman–Crippen LogP) is 7.35. The van der Waals surface area contributed by atoms with Crippen molar-refractivity contribution >= 4 is 17.9 Å². The van der Waals surface area contributed by atoms with Crippen LogP contribution in [0.3, 0.4) is 0 Å². The highest BCUT2D eigenvalue weighted by molar-refractivity contribution is 5.81. The van der Waals surface area contributed by atoms with Crippen LogP contribution in [0.2, 0.25) is 0 Å². The third-order valence-electron chi connectivity index (χ3n) is 12.4. The molecule has 1 unspecified atom stereocenters. The number of fused-ring (bicyclic) bond motifs is 4. The van der Waals surface area contributed by atoms with E-state index in [1.807, 2.05) is 0 Å². The van der Waals surface area contributed by atoms with Gasteiger partial charge in [0.25, 0.3) is 0 Å². The minimum atomic E-state index is -0.393. The quantitative estimate of drug-likeness (QED) is 0.141. The Morgan fingerprint density at radius 3 is 2.25 bits per heavy atom. The highest BCUT2D eigenvalue weighted by atomic mass is 16.5. The van der Waals surface area contributed by atoms with Crippen molar-refractivity contribution in [3.63, 3.8) is 0 Å². The third-order valence-corrected chi connectivity index (χ3v) is 12.4. The van der Waals surface area contributed by atoms with Gasteiger partial charge in [0, 0.05) is 31.8 Å². The van der Waals surface area contributed by atoms with Gasteiger partial charge in [-0.3, -0.25) is 9.59 Å². The normalized spacial score (nSPS) is 38.1. The number of allylic oxidation sites excluding steroid dienone is 2. The molecule has 0 N–H and O–H groups in total. The summed E-state index contributed by atoms with van der Waals surface area (Å²) >= 11 is 0. The molecular formula is C34H52O6. The van der Waals surface area contributed by atoms with Gasteiger partial charge in [0.2, 0.25) is 0 Å². The van der Waals surface area contributed by atoms with E-state index in [-0.39, 0.29) is 51.7 Å². The lowest BCUT2D eigenvalue weighted by Crippen LogP contribution is -2.56. The molecule has 40 heavy (non-hydrogen) atoms. The van der Waals surface area contributed by atoms with Crippen molar-refractivity contribution in [2.45, 2.75) is 125 Å². The lowest BCUT2D eigenvalue weighted by Gasteiger charge is -2.62. The van der Waals surface area contributed by atoms with Crippen molar-refractivity contribution in [1.82, 2.24) is 0 Å². The van der Waals surface area contributed by atoms with E-state index in [9.17, 15) is 14.4 Å². The van der Waals surface area contributed by atoms with Gasteiger partial charge in [0.15, 0.2) is 0 Å². The molecular weight excluding hydrogens is 504 g/mol. The Morgan fingerprint density at radius 1 is 0.925 bits per heavy atom. The number of hydrogen-bond acceptors (Lipinski definition) is 6. The Balaban J connectivity index is 1.63. The second-order valence-electron chi connectivity index (χ2n) is 14.5. The van der Waals surface area contributed by atoms with E-state index in [1.54, 1.807) is 17.2 Å². The summed E-state index contributed by atoms with van der Waals surface area (Å²) in [5.74, 6) is 0.249. The Kier molecular flexibility index (Phi) is 8.44. The van der Waals surface area contributed by atoms with Gasteiger partial charge in [-0.1, -0.05) is 58.8 Å². The Hall–Kier alpha value is -2.11. The van der Waals surface area contributed by atoms with Crippen LogP contribution in [0.25, 0.3) is 0 Å². The molecule has 6 heteroatoms. The van der Waals surface area contributed by atoms with E-state index in [1.165, 1.54) is 27.0 Å². The van der Waals surface area contributed by atoms with Gasteiger partial charge >= 0.3 is 17.9 Å². The lowest BCUT2D eigenvalue weighted by molar-refractivity contribution is -0.167. The summed E-state index contributed by atoms with van der Waals surface area (Å²) in [5, 5.41) is 0. The molecule has 0 radical (unpaired) electrons. The Morgan fingerprint density at radius 2 is 1.62 bits per heavy atom. The van der Waals surface area contributed by atoms with Crippen LogP contribution in [0.5, 0.6) is 0 Å². The number of hydrogen-bond donors (Lipinski definition) is 0.